The molecule has 17 heavy (non-hydrogen) atoms. The van der Waals surface area contributed by atoms with Crippen molar-refractivity contribution in [3.8, 4) is 5.75 Å². The minimum absolute atomic E-state index is 0.0300. The van der Waals surface area contributed by atoms with E-state index >= 15 is 0 Å². The normalized spacial score (nSPS) is 12.5. The fraction of sp³-hybridized carbons (Fsp3) is 0.455. The summed E-state index contributed by atoms with van der Waals surface area (Å²) in [5.41, 5.74) is 0.479. The predicted molar refractivity (Wildman–Crippen MR) is 65.8 cm³/mol. The highest BCUT2D eigenvalue weighted by Crippen LogP contribution is 2.32. The Morgan fingerprint density at radius 1 is 1.29 bits per heavy atom. The van der Waals surface area contributed by atoms with Gasteiger partial charge < -0.3 is 19.7 Å². The van der Waals surface area contributed by atoms with Gasteiger partial charge in [-0.15, -0.1) is 0 Å². The molecule has 1 aromatic rings. The molecular formula is C11H14Cl2O4. The van der Waals surface area contributed by atoms with Crippen molar-refractivity contribution in [2.75, 3.05) is 20.3 Å². The molecule has 2 N–H and O–H groups in total. The smallest absolute Gasteiger partial charge is 0.143 e. The topological polar surface area (TPSA) is 58.9 Å². The van der Waals surface area contributed by atoms with Gasteiger partial charge in [-0.2, -0.15) is 0 Å². The largest absolute Gasteiger partial charge is 0.489 e. The van der Waals surface area contributed by atoms with Crippen molar-refractivity contribution in [3.63, 3.8) is 0 Å². The van der Waals surface area contributed by atoms with Crippen molar-refractivity contribution in [1.82, 2.24) is 0 Å². The lowest BCUT2D eigenvalue weighted by Gasteiger charge is -2.15. The van der Waals surface area contributed by atoms with Gasteiger partial charge in [-0.05, 0) is 12.1 Å². The second-order valence-corrected chi connectivity index (χ2v) is 4.30. The molecule has 0 radical (unpaired) electrons. The summed E-state index contributed by atoms with van der Waals surface area (Å²) in [6.07, 6.45) is -0.752. The zero-order valence-corrected chi connectivity index (χ0v) is 10.8. The van der Waals surface area contributed by atoms with Gasteiger partial charge in [0.2, 0.25) is 0 Å². The van der Waals surface area contributed by atoms with E-state index in [0.29, 0.717) is 21.4 Å². The molecule has 6 heteroatoms. The first kappa shape index (κ1) is 14.5. The average Bonchev–Trinajstić information content (AvgIpc) is 2.27. The van der Waals surface area contributed by atoms with Gasteiger partial charge in [0.25, 0.3) is 0 Å². The number of benzene rings is 1. The van der Waals surface area contributed by atoms with Crippen LogP contribution in [0.25, 0.3) is 0 Å². The monoisotopic (exact) mass is 280 g/mol. The van der Waals surface area contributed by atoms with E-state index in [4.69, 9.17) is 37.8 Å². The minimum atomic E-state index is -0.752. The van der Waals surface area contributed by atoms with E-state index in [0.717, 1.165) is 0 Å². The third-order valence-corrected chi connectivity index (χ3v) is 2.53. The van der Waals surface area contributed by atoms with Crippen molar-refractivity contribution in [2.24, 2.45) is 0 Å². The molecule has 0 aliphatic carbocycles. The van der Waals surface area contributed by atoms with Gasteiger partial charge in [0.1, 0.15) is 18.5 Å². The van der Waals surface area contributed by atoms with Gasteiger partial charge in [-0.1, -0.05) is 23.2 Å². The zero-order valence-electron chi connectivity index (χ0n) is 9.32. The Bertz CT molecular complexity index is 371. The molecule has 96 valence electrons. The first-order valence-corrected chi connectivity index (χ1v) is 5.72. The Balaban J connectivity index is 2.76. The Morgan fingerprint density at radius 2 is 2.00 bits per heavy atom. The van der Waals surface area contributed by atoms with Crippen LogP contribution in [-0.4, -0.2) is 36.6 Å². The highest BCUT2D eigenvalue weighted by molar-refractivity contribution is 6.35. The summed E-state index contributed by atoms with van der Waals surface area (Å²) in [5, 5.41) is 19.3. The summed E-state index contributed by atoms with van der Waals surface area (Å²) in [4.78, 5) is 0. The lowest BCUT2D eigenvalue weighted by atomic mass is 10.2. The highest BCUT2D eigenvalue weighted by Gasteiger charge is 2.12. The second kappa shape index (κ2) is 7.03. The molecule has 0 amide bonds. The molecular weight excluding hydrogens is 267 g/mol. The van der Waals surface area contributed by atoms with Crippen LogP contribution in [0.1, 0.15) is 5.56 Å². The van der Waals surface area contributed by atoms with E-state index < -0.39 is 6.10 Å². The second-order valence-electron chi connectivity index (χ2n) is 3.45. The molecule has 0 aliphatic heterocycles. The SMILES string of the molecule is COCC(O)COc1c(Cl)cc(Cl)cc1CO. The summed E-state index contributed by atoms with van der Waals surface area (Å²) < 4.78 is 10.1. The lowest BCUT2D eigenvalue weighted by Crippen LogP contribution is -2.23. The first-order valence-electron chi connectivity index (χ1n) is 4.97. The third kappa shape index (κ3) is 4.33. The maximum Gasteiger partial charge on any atom is 0.143 e. The Morgan fingerprint density at radius 3 is 2.59 bits per heavy atom. The highest BCUT2D eigenvalue weighted by atomic mass is 35.5. The Hall–Kier alpha value is -0.520. The number of halogens is 2. The molecule has 4 nitrogen and oxygen atoms in total. The van der Waals surface area contributed by atoms with Crippen molar-refractivity contribution in [1.29, 1.82) is 0 Å². The van der Waals surface area contributed by atoms with Gasteiger partial charge in [0.15, 0.2) is 0 Å². The minimum Gasteiger partial charge on any atom is -0.489 e. The van der Waals surface area contributed by atoms with Crippen LogP contribution in [0.4, 0.5) is 0 Å². The van der Waals surface area contributed by atoms with Crippen LogP contribution in [0.15, 0.2) is 12.1 Å². The van der Waals surface area contributed by atoms with Crippen molar-refractivity contribution in [3.05, 3.63) is 27.7 Å². The van der Waals surface area contributed by atoms with E-state index in [1.165, 1.54) is 13.2 Å². The maximum absolute atomic E-state index is 9.44. The van der Waals surface area contributed by atoms with Gasteiger partial charge in [0.05, 0.1) is 18.2 Å². The summed E-state index contributed by atoms with van der Waals surface area (Å²) >= 11 is 11.7. The molecule has 0 saturated heterocycles. The quantitative estimate of drug-likeness (QED) is 0.835. The van der Waals surface area contributed by atoms with Gasteiger partial charge in [-0.3, -0.25) is 0 Å². The molecule has 0 fully saturated rings. The number of hydrogen-bond donors (Lipinski definition) is 2. The lowest BCUT2D eigenvalue weighted by molar-refractivity contribution is 0.0320. The molecule has 0 heterocycles. The number of rotatable bonds is 6. The van der Waals surface area contributed by atoms with Crippen LogP contribution in [0.3, 0.4) is 0 Å². The van der Waals surface area contributed by atoms with Crippen LogP contribution in [0, 0.1) is 0 Å². The van der Waals surface area contributed by atoms with Crippen molar-refractivity contribution < 1.29 is 19.7 Å². The predicted octanol–water partition coefficient (Wildman–Crippen LogP) is 1.87. The van der Waals surface area contributed by atoms with Crippen LogP contribution in [0.2, 0.25) is 10.0 Å². The fourth-order valence-corrected chi connectivity index (χ4v) is 1.90. The third-order valence-electron chi connectivity index (χ3n) is 2.03. The number of hydrogen-bond acceptors (Lipinski definition) is 4. The molecule has 0 aromatic heterocycles. The summed E-state index contributed by atoms with van der Waals surface area (Å²) in [5.74, 6) is 0.328. The van der Waals surface area contributed by atoms with E-state index in [2.05, 4.69) is 0 Å². The molecule has 1 aromatic carbocycles. The number of ether oxygens (including phenoxy) is 2. The summed E-state index contributed by atoms with van der Waals surface area (Å²) in [6.45, 7) is -0.0438. The number of aliphatic hydroxyl groups excluding tert-OH is 2. The Kier molecular flexibility index (Phi) is 6.02. The molecule has 1 unspecified atom stereocenters. The molecule has 0 saturated carbocycles. The average molecular weight is 281 g/mol. The van der Waals surface area contributed by atoms with Gasteiger partial charge in [-0.25, -0.2) is 0 Å². The maximum atomic E-state index is 9.44. The van der Waals surface area contributed by atoms with Crippen LogP contribution in [-0.2, 0) is 11.3 Å². The first-order chi connectivity index (χ1) is 8.08. The van der Waals surface area contributed by atoms with Crippen LogP contribution >= 0.6 is 23.2 Å². The molecule has 0 aliphatic rings. The van der Waals surface area contributed by atoms with Gasteiger partial charge >= 0.3 is 0 Å². The van der Waals surface area contributed by atoms with E-state index in [-0.39, 0.29) is 19.8 Å². The van der Waals surface area contributed by atoms with Crippen LogP contribution < -0.4 is 4.74 Å². The fourth-order valence-electron chi connectivity index (χ4n) is 1.31. The van der Waals surface area contributed by atoms with Crippen molar-refractivity contribution >= 4 is 23.2 Å². The Labute approximate surface area is 110 Å². The number of aliphatic hydroxyl groups is 2. The van der Waals surface area contributed by atoms with E-state index in [1.54, 1.807) is 6.07 Å². The van der Waals surface area contributed by atoms with Gasteiger partial charge in [0, 0.05) is 17.7 Å². The molecule has 0 bridgehead atoms. The summed E-state index contributed by atoms with van der Waals surface area (Å²) in [7, 11) is 1.48. The van der Waals surface area contributed by atoms with Crippen LogP contribution in [0.5, 0.6) is 5.75 Å². The zero-order chi connectivity index (χ0) is 12.8. The summed E-state index contributed by atoms with van der Waals surface area (Å²) in [6, 6.07) is 3.08. The molecule has 1 rings (SSSR count). The molecule has 0 spiro atoms. The number of methoxy groups -OCH3 is 1. The van der Waals surface area contributed by atoms with E-state index in [1.807, 2.05) is 0 Å². The standard InChI is InChI=1S/C11H14Cl2O4/c1-16-5-9(15)6-17-11-7(4-14)2-8(12)3-10(11)13/h2-3,9,14-15H,4-6H2,1H3. The van der Waals surface area contributed by atoms with Crippen molar-refractivity contribution in [2.45, 2.75) is 12.7 Å². The van der Waals surface area contributed by atoms with E-state index in [9.17, 15) is 5.11 Å². The molecule has 1 atom stereocenters.